The number of carbonyl (C=O) groups excluding carboxylic acids is 1. The Bertz CT molecular complexity index is 321. The Hall–Kier alpha value is -1.58. The molecule has 0 saturated heterocycles. The van der Waals surface area contributed by atoms with Gasteiger partial charge < -0.3 is 9.47 Å². The van der Waals surface area contributed by atoms with Crippen molar-refractivity contribution in [3.05, 3.63) is 29.8 Å². The molecule has 0 aliphatic heterocycles. The lowest BCUT2D eigenvalue weighted by atomic mass is 10.1. The Morgan fingerprint density at radius 3 is 2.47 bits per heavy atom. The van der Waals surface area contributed by atoms with Gasteiger partial charge in [0, 0.05) is 0 Å². The molecule has 0 saturated carbocycles. The summed E-state index contributed by atoms with van der Waals surface area (Å²) in [6, 6.07) is 6.20. The summed E-state index contributed by atoms with van der Waals surface area (Å²) in [5, 5.41) is 0. The van der Waals surface area contributed by atoms with Crippen molar-refractivity contribution in [2.24, 2.45) is 0 Å². The average Bonchev–Trinajstić information content (AvgIpc) is 2.28. The van der Waals surface area contributed by atoms with E-state index in [9.17, 15) is 9.18 Å². The summed E-state index contributed by atoms with van der Waals surface area (Å²) in [6.45, 7) is 1.81. The number of alkyl halides is 1. The summed E-state index contributed by atoms with van der Waals surface area (Å²) in [7, 11) is 1.52. The molecule has 0 heterocycles. The molecule has 0 aliphatic carbocycles. The van der Waals surface area contributed by atoms with Crippen LogP contribution in [-0.2, 0) is 9.53 Å². The van der Waals surface area contributed by atoms with Gasteiger partial charge in [0.25, 0.3) is 0 Å². The maximum atomic E-state index is 13.4. The second kappa shape index (κ2) is 5.34. The number of hydrogen-bond acceptors (Lipinski definition) is 3. The molecule has 1 rings (SSSR count). The molecular formula is C11H13FO3. The van der Waals surface area contributed by atoms with E-state index in [1.165, 1.54) is 19.2 Å². The van der Waals surface area contributed by atoms with E-state index in [-0.39, 0.29) is 12.2 Å². The van der Waals surface area contributed by atoms with Crippen LogP contribution in [0.4, 0.5) is 4.39 Å². The molecule has 0 fully saturated rings. The van der Waals surface area contributed by atoms with Crippen molar-refractivity contribution in [3.8, 4) is 5.75 Å². The van der Waals surface area contributed by atoms with E-state index in [1.807, 2.05) is 0 Å². The zero-order valence-electron chi connectivity index (χ0n) is 8.70. The molecule has 1 aromatic rings. The van der Waals surface area contributed by atoms with Crippen molar-refractivity contribution in [1.29, 1.82) is 0 Å². The van der Waals surface area contributed by atoms with E-state index in [0.29, 0.717) is 5.75 Å². The second-order valence-corrected chi connectivity index (χ2v) is 2.89. The molecule has 1 unspecified atom stereocenters. The molecule has 1 aromatic carbocycles. The highest BCUT2D eigenvalue weighted by Gasteiger charge is 2.20. The quantitative estimate of drug-likeness (QED) is 0.718. The van der Waals surface area contributed by atoms with Gasteiger partial charge >= 0.3 is 5.97 Å². The molecule has 1 atom stereocenters. The third kappa shape index (κ3) is 2.94. The van der Waals surface area contributed by atoms with Gasteiger partial charge in [0.05, 0.1) is 13.7 Å². The SMILES string of the molecule is CCOC(=O)C(F)c1ccc(OC)cc1. The summed E-state index contributed by atoms with van der Waals surface area (Å²) >= 11 is 0. The number of ether oxygens (including phenoxy) is 2. The molecule has 3 nitrogen and oxygen atoms in total. The number of methoxy groups -OCH3 is 1. The number of halogens is 1. The first-order valence-corrected chi connectivity index (χ1v) is 4.63. The molecule has 4 heteroatoms. The lowest BCUT2D eigenvalue weighted by Crippen LogP contribution is -2.11. The molecule has 0 aromatic heterocycles. The van der Waals surface area contributed by atoms with Crippen LogP contribution in [0.2, 0.25) is 0 Å². The largest absolute Gasteiger partial charge is 0.497 e. The van der Waals surface area contributed by atoms with E-state index >= 15 is 0 Å². The number of carbonyl (C=O) groups is 1. The van der Waals surface area contributed by atoms with Crippen molar-refractivity contribution >= 4 is 5.97 Å². The van der Waals surface area contributed by atoms with Crippen LogP contribution in [0.15, 0.2) is 24.3 Å². The summed E-state index contributed by atoms with van der Waals surface area (Å²) in [5.41, 5.74) is 0.272. The predicted octanol–water partition coefficient (Wildman–Crippen LogP) is 2.27. The van der Waals surface area contributed by atoms with E-state index < -0.39 is 12.1 Å². The van der Waals surface area contributed by atoms with Crippen LogP contribution in [0.3, 0.4) is 0 Å². The normalized spacial score (nSPS) is 11.9. The molecule has 0 spiro atoms. The molecule has 15 heavy (non-hydrogen) atoms. The summed E-state index contributed by atoms with van der Waals surface area (Å²) in [6.07, 6.45) is -1.73. The molecule has 0 amide bonds. The maximum absolute atomic E-state index is 13.4. The van der Waals surface area contributed by atoms with Gasteiger partial charge in [-0.25, -0.2) is 9.18 Å². The van der Waals surface area contributed by atoms with Crippen LogP contribution in [0.1, 0.15) is 18.7 Å². The number of esters is 1. The van der Waals surface area contributed by atoms with E-state index in [4.69, 9.17) is 4.74 Å². The minimum atomic E-state index is -1.73. The molecule has 0 N–H and O–H groups in total. The van der Waals surface area contributed by atoms with Gasteiger partial charge in [-0.1, -0.05) is 12.1 Å². The molecule has 0 radical (unpaired) electrons. The van der Waals surface area contributed by atoms with E-state index in [0.717, 1.165) is 0 Å². The van der Waals surface area contributed by atoms with Gasteiger partial charge in [-0.05, 0) is 24.6 Å². The van der Waals surface area contributed by atoms with Crippen molar-refractivity contribution in [2.45, 2.75) is 13.1 Å². The Kier molecular flexibility index (Phi) is 4.09. The Labute approximate surface area is 87.8 Å². The third-order valence-corrected chi connectivity index (χ3v) is 1.90. The highest BCUT2D eigenvalue weighted by Crippen LogP contribution is 2.21. The van der Waals surface area contributed by atoms with E-state index in [2.05, 4.69) is 4.74 Å². The topological polar surface area (TPSA) is 35.5 Å². The van der Waals surface area contributed by atoms with Crippen molar-refractivity contribution in [3.63, 3.8) is 0 Å². The zero-order chi connectivity index (χ0) is 11.3. The summed E-state index contributed by atoms with van der Waals surface area (Å²) in [5.74, 6) is -0.238. The predicted molar refractivity (Wildman–Crippen MR) is 53.5 cm³/mol. The number of rotatable bonds is 4. The minimum Gasteiger partial charge on any atom is -0.497 e. The molecule has 82 valence electrons. The molecule has 0 bridgehead atoms. The zero-order valence-corrected chi connectivity index (χ0v) is 8.70. The van der Waals surface area contributed by atoms with Crippen LogP contribution >= 0.6 is 0 Å². The average molecular weight is 212 g/mol. The summed E-state index contributed by atoms with van der Waals surface area (Å²) < 4.78 is 22.9. The second-order valence-electron chi connectivity index (χ2n) is 2.89. The third-order valence-electron chi connectivity index (χ3n) is 1.90. The van der Waals surface area contributed by atoms with Gasteiger partial charge in [-0.15, -0.1) is 0 Å². The maximum Gasteiger partial charge on any atom is 0.345 e. The Balaban J connectivity index is 2.73. The first-order valence-electron chi connectivity index (χ1n) is 4.63. The van der Waals surface area contributed by atoms with Gasteiger partial charge in [0.1, 0.15) is 5.75 Å². The minimum absolute atomic E-state index is 0.176. The first-order chi connectivity index (χ1) is 7.19. The van der Waals surface area contributed by atoms with Gasteiger partial charge in [0.15, 0.2) is 0 Å². The van der Waals surface area contributed by atoms with Crippen molar-refractivity contribution in [1.82, 2.24) is 0 Å². The van der Waals surface area contributed by atoms with Gasteiger partial charge in [0.2, 0.25) is 6.17 Å². The lowest BCUT2D eigenvalue weighted by molar-refractivity contribution is -0.149. The standard InChI is InChI=1S/C11H13FO3/c1-3-15-11(13)10(12)8-4-6-9(14-2)7-5-8/h4-7,10H,3H2,1-2H3. The molecular weight excluding hydrogens is 199 g/mol. The fourth-order valence-electron chi connectivity index (χ4n) is 1.12. The fourth-order valence-corrected chi connectivity index (χ4v) is 1.12. The van der Waals surface area contributed by atoms with Crippen LogP contribution in [0.25, 0.3) is 0 Å². The van der Waals surface area contributed by atoms with Crippen LogP contribution in [0, 0.1) is 0 Å². The number of benzene rings is 1. The van der Waals surface area contributed by atoms with Gasteiger partial charge in [-0.2, -0.15) is 0 Å². The van der Waals surface area contributed by atoms with Crippen molar-refractivity contribution < 1.29 is 18.7 Å². The highest BCUT2D eigenvalue weighted by molar-refractivity contribution is 5.76. The monoisotopic (exact) mass is 212 g/mol. The lowest BCUT2D eigenvalue weighted by Gasteiger charge is -2.08. The fraction of sp³-hybridized carbons (Fsp3) is 0.364. The smallest absolute Gasteiger partial charge is 0.345 e. The highest BCUT2D eigenvalue weighted by atomic mass is 19.1. The van der Waals surface area contributed by atoms with Crippen molar-refractivity contribution in [2.75, 3.05) is 13.7 Å². The van der Waals surface area contributed by atoms with E-state index in [1.54, 1.807) is 19.1 Å². The molecule has 0 aliphatic rings. The first kappa shape index (κ1) is 11.5. The van der Waals surface area contributed by atoms with Gasteiger partial charge in [-0.3, -0.25) is 0 Å². The number of hydrogen-bond donors (Lipinski definition) is 0. The Morgan fingerprint density at radius 1 is 1.40 bits per heavy atom. The van der Waals surface area contributed by atoms with Crippen LogP contribution in [-0.4, -0.2) is 19.7 Å². The summed E-state index contributed by atoms with van der Waals surface area (Å²) in [4.78, 5) is 11.1. The Morgan fingerprint density at radius 2 is 2.00 bits per heavy atom. The van der Waals surface area contributed by atoms with Crippen LogP contribution < -0.4 is 4.74 Å². The van der Waals surface area contributed by atoms with Crippen LogP contribution in [0.5, 0.6) is 5.75 Å².